The summed E-state index contributed by atoms with van der Waals surface area (Å²) in [6, 6.07) is 7.78. The summed E-state index contributed by atoms with van der Waals surface area (Å²) in [7, 11) is 0. The normalized spacial score (nSPS) is 14.7. The number of amides is 2. The molecule has 4 N–H and O–H groups in total. The Bertz CT molecular complexity index is 1260. The van der Waals surface area contributed by atoms with Gasteiger partial charge in [-0.2, -0.15) is 4.37 Å². The number of hydrogen-bond donors (Lipinski definition) is 3. The fourth-order valence-corrected chi connectivity index (χ4v) is 4.05. The van der Waals surface area contributed by atoms with E-state index in [0.29, 0.717) is 22.7 Å². The highest BCUT2D eigenvalue weighted by Gasteiger charge is 2.31. The number of rotatable bonds is 10. The molecule has 9 nitrogen and oxygen atoms in total. The average molecular weight is 499 g/mol. The zero-order chi connectivity index (χ0) is 25.1. The number of carbonyl (C=O) groups is 3. The van der Waals surface area contributed by atoms with Crippen molar-refractivity contribution in [3.05, 3.63) is 64.5 Å². The van der Waals surface area contributed by atoms with E-state index in [2.05, 4.69) is 14.7 Å². The van der Waals surface area contributed by atoms with Gasteiger partial charge in [0.2, 0.25) is 5.91 Å². The maximum atomic E-state index is 14.6. The zero-order valence-electron chi connectivity index (χ0n) is 18.7. The molecule has 35 heavy (non-hydrogen) atoms. The van der Waals surface area contributed by atoms with Crippen molar-refractivity contribution in [3.63, 3.8) is 0 Å². The van der Waals surface area contributed by atoms with Crippen LogP contribution in [0, 0.1) is 11.7 Å². The average Bonchev–Trinajstić information content (AvgIpc) is 3.57. The SMILES string of the molecule is CC(Oc1ccc(C(=O)C2CC2)nc1)c1cc(-c2ccc(C(=O)N[C@@H](CO)C(N)=O)c(F)c2)ns1. The van der Waals surface area contributed by atoms with E-state index in [1.807, 2.05) is 6.92 Å². The van der Waals surface area contributed by atoms with E-state index in [1.54, 1.807) is 18.2 Å². The molecule has 182 valence electrons. The van der Waals surface area contributed by atoms with Gasteiger partial charge < -0.3 is 20.9 Å². The molecule has 3 aromatic rings. The van der Waals surface area contributed by atoms with Crippen molar-refractivity contribution < 1.29 is 28.6 Å². The second kappa shape index (κ2) is 10.3. The number of hydrogen-bond acceptors (Lipinski definition) is 8. The molecule has 4 rings (SSSR count). The van der Waals surface area contributed by atoms with Gasteiger partial charge in [0.05, 0.1) is 28.9 Å². The third-order valence-corrected chi connectivity index (χ3v) is 6.47. The van der Waals surface area contributed by atoms with Crippen LogP contribution in [-0.4, -0.2) is 44.7 Å². The topological polar surface area (TPSA) is 144 Å². The van der Waals surface area contributed by atoms with Crippen LogP contribution in [0.2, 0.25) is 0 Å². The van der Waals surface area contributed by atoms with Gasteiger partial charge in [0.15, 0.2) is 5.78 Å². The Balaban J connectivity index is 1.42. The Hall–Kier alpha value is -3.70. The Morgan fingerprint density at radius 1 is 1.26 bits per heavy atom. The number of ether oxygens (including phenoxy) is 1. The minimum Gasteiger partial charge on any atom is -0.484 e. The van der Waals surface area contributed by atoms with E-state index in [1.165, 1.54) is 29.9 Å². The first-order valence-corrected chi connectivity index (χ1v) is 11.7. The largest absolute Gasteiger partial charge is 0.484 e. The Morgan fingerprint density at radius 3 is 2.63 bits per heavy atom. The van der Waals surface area contributed by atoms with Gasteiger partial charge >= 0.3 is 0 Å². The van der Waals surface area contributed by atoms with Crippen molar-refractivity contribution in [1.29, 1.82) is 0 Å². The molecule has 2 amide bonds. The second-order valence-electron chi connectivity index (χ2n) is 8.20. The number of primary amides is 1. The Morgan fingerprint density at radius 2 is 2.03 bits per heavy atom. The molecule has 0 radical (unpaired) electrons. The summed E-state index contributed by atoms with van der Waals surface area (Å²) in [6.07, 6.45) is 2.99. The molecular weight excluding hydrogens is 475 g/mol. The predicted octanol–water partition coefficient (Wildman–Crippen LogP) is 2.65. The number of aromatic nitrogens is 2. The maximum absolute atomic E-state index is 14.6. The molecule has 2 atom stereocenters. The van der Waals surface area contributed by atoms with E-state index in [4.69, 9.17) is 15.6 Å². The number of halogens is 1. The number of nitrogens with one attached hydrogen (secondary N) is 1. The quantitative estimate of drug-likeness (QED) is 0.365. The standard InChI is InChI=1S/C24H23FN4O5S/c1-12(34-15-5-7-18(27-10-15)22(31)13-2-3-13)21-9-19(29-35-21)14-4-6-16(17(25)8-14)24(33)28-20(11-30)23(26)32/h4-10,12-13,20,30H,2-3,11H2,1H3,(H2,26,32)(H,28,33)/t12?,20-/m0/s1. The van der Waals surface area contributed by atoms with Crippen LogP contribution in [-0.2, 0) is 4.79 Å². The summed E-state index contributed by atoms with van der Waals surface area (Å²) in [5, 5.41) is 11.3. The van der Waals surface area contributed by atoms with Crippen LogP contribution in [0.3, 0.4) is 0 Å². The zero-order valence-corrected chi connectivity index (χ0v) is 19.5. The summed E-state index contributed by atoms with van der Waals surface area (Å²) in [5.74, 6) is -1.93. The lowest BCUT2D eigenvalue weighted by Gasteiger charge is -2.13. The van der Waals surface area contributed by atoms with Crippen LogP contribution in [0.4, 0.5) is 4.39 Å². The van der Waals surface area contributed by atoms with Crippen LogP contribution in [0.1, 0.15) is 51.6 Å². The molecular formula is C24H23FN4O5S. The first kappa shape index (κ1) is 24.4. The second-order valence-corrected chi connectivity index (χ2v) is 9.03. The summed E-state index contributed by atoms with van der Waals surface area (Å²) in [6.45, 7) is 1.15. The van der Waals surface area contributed by atoms with Gasteiger partial charge in [-0.1, -0.05) is 6.07 Å². The number of benzene rings is 1. The Kier molecular flexibility index (Phi) is 7.17. The van der Waals surface area contributed by atoms with Gasteiger partial charge in [-0.3, -0.25) is 14.4 Å². The van der Waals surface area contributed by atoms with Crippen LogP contribution >= 0.6 is 11.5 Å². The van der Waals surface area contributed by atoms with Crippen LogP contribution in [0.25, 0.3) is 11.3 Å². The fraction of sp³-hybridized carbons (Fsp3) is 0.292. The van der Waals surface area contributed by atoms with Crippen molar-refractivity contribution in [1.82, 2.24) is 14.7 Å². The van der Waals surface area contributed by atoms with Gasteiger partial charge in [0.1, 0.15) is 29.4 Å². The van der Waals surface area contributed by atoms with Crippen LogP contribution in [0.15, 0.2) is 42.6 Å². The molecule has 2 aromatic heterocycles. The molecule has 2 heterocycles. The third kappa shape index (κ3) is 5.69. The van der Waals surface area contributed by atoms with Gasteiger partial charge in [-0.15, -0.1) is 0 Å². The highest BCUT2D eigenvalue weighted by Crippen LogP contribution is 2.33. The van der Waals surface area contributed by atoms with Crippen molar-refractivity contribution in [3.8, 4) is 17.0 Å². The number of Topliss-reactive ketones (excluding diaryl/α,β-unsaturated/α-hetero) is 1. The first-order valence-electron chi connectivity index (χ1n) is 10.9. The monoisotopic (exact) mass is 498 g/mol. The third-order valence-electron chi connectivity index (χ3n) is 5.52. The van der Waals surface area contributed by atoms with E-state index < -0.39 is 30.3 Å². The predicted molar refractivity (Wildman–Crippen MR) is 125 cm³/mol. The summed E-state index contributed by atoms with van der Waals surface area (Å²) < 4.78 is 24.9. The number of aliphatic hydroxyl groups is 1. The maximum Gasteiger partial charge on any atom is 0.254 e. The highest BCUT2D eigenvalue weighted by atomic mass is 32.1. The summed E-state index contributed by atoms with van der Waals surface area (Å²) in [4.78, 5) is 40.5. The molecule has 0 bridgehead atoms. The molecule has 1 unspecified atom stereocenters. The minimum atomic E-state index is -1.31. The Labute approximate surface area is 204 Å². The lowest BCUT2D eigenvalue weighted by Crippen LogP contribution is -2.47. The molecule has 1 saturated carbocycles. The molecule has 1 fully saturated rings. The molecule has 0 spiro atoms. The molecule has 1 aromatic carbocycles. The van der Waals surface area contributed by atoms with Crippen LogP contribution in [0.5, 0.6) is 5.75 Å². The number of aliphatic hydroxyl groups excluding tert-OH is 1. The molecule has 0 aliphatic heterocycles. The van der Waals surface area contributed by atoms with Crippen molar-refractivity contribution in [2.75, 3.05) is 6.61 Å². The van der Waals surface area contributed by atoms with Crippen molar-refractivity contribution in [2.45, 2.75) is 31.9 Å². The fourth-order valence-electron chi connectivity index (χ4n) is 3.33. The number of nitrogens with zero attached hydrogens (tertiary/aromatic N) is 2. The van der Waals surface area contributed by atoms with E-state index >= 15 is 0 Å². The summed E-state index contributed by atoms with van der Waals surface area (Å²) >= 11 is 1.19. The number of nitrogens with two attached hydrogens (primary N) is 1. The van der Waals surface area contributed by atoms with Crippen LogP contribution < -0.4 is 15.8 Å². The first-order chi connectivity index (χ1) is 16.8. The lowest BCUT2D eigenvalue weighted by atomic mass is 10.1. The molecule has 0 saturated heterocycles. The molecule has 1 aliphatic rings. The van der Waals surface area contributed by atoms with Gasteiger partial charge in [-0.05, 0) is 61.6 Å². The highest BCUT2D eigenvalue weighted by molar-refractivity contribution is 7.06. The van der Waals surface area contributed by atoms with Crippen molar-refractivity contribution in [2.24, 2.45) is 11.7 Å². The van der Waals surface area contributed by atoms with Gasteiger partial charge in [0, 0.05) is 11.5 Å². The van der Waals surface area contributed by atoms with E-state index in [0.717, 1.165) is 23.8 Å². The number of ketones is 1. The van der Waals surface area contributed by atoms with Gasteiger partial charge in [0.25, 0.3) is 5.91 Å². The van der Waals surface area contributed by atoms with E-state index in [9.17, 15) is 18.8 Å². The molecule has 1 aliphatic carbocycles. The van der Waals surface area contributed by atoms with Gasteiger partial charge in [-0.25, -0.2) is 9.37 Å². The number of carbonyl (C=O) groups excluding carboxylic acids is 3. The van der Waals surface area contributed by atoms with Crippen molar-refractivity contribution >= 4 is 29.1 Å². The smallest absolute Gasteiger partial charge is 0.254 e. The molecule has 11 heteroatoms. The summed E-state index contributed by atoms with van der Waals surface area (Å²) in [5.41, 5.74) is 6.17. The number of pyridine rings is 1. The lowest BCUT2D eigenvalue weighted by molar-refractivity contribution is -0.120. The minimum absolute atomic E-state index is 0.0634. The van der Waals surface area contributed by atoms with E-state index in [-0.39, 0.29) is 23.4 Å².